The van der Waals surface area contributed by atoms with Crippen LogP contribution < -0.4 is 11.6 Å². The van der Waals surface area contributed by atoms with Crippen molar-refractivity contribution in [2.24, 2.45) is 21.9 Å². The van der Waals surface area contributed by atoms with Gasteiger partial charge in [-0.25, -0.2) is 5.90 Å². The predicted octanol–water partition coefficient (Wildman–Crippen LogP) is -0.0873. The first kappa shape index (κ1) is 13.1. The fraction of sp³-hybridized carbons (Fsp3) is 0.200. The molecule has 0 aromatic heterocycles. The highest BCUT2D eigenvalue weighted by atomic mass is 16.6. The van der Waals surface area contributed by atoms with E-state index in [9.17, 15) is 0 Å². The van der Waals surface area contributed by atoms with Crippen LogP contribution in [0.25, 0.3) is 0 Å². The summed E-state index contributed by atoms with van der Waals surface area (Å²) in [6.45, 7) is -0.0642. The van der Waals surface area contributed by atoms with E-state index in [1.165, 1.54) is 0 Å². The molecule has 6 N–H and O–H groups in total. The van der Waals surface area contributed by atoms with Crippen LogP contribution in [0.5, 0.6) is 0 Å². The van der Waals surface area contributed by atoms with Crippen LogP contribution in [0.3, 0.4) is 0 Å². The lowest BCUT2D eigenvalue weighted by atomic mass is 10.0. The van der Waals surface area contributed by atoms with Gasteiger partial charge in [0.2, 0.25) is 0 Å². The van der Waals surface area contributed by atoms with Crippen molar-refractivity contribution in [3.63, 3.8) is 0 Å². The lowest BCUT2D eigenvalue weighted by Crippen LogP contribution is -2.41. The summed E-state index contributed by atoms with van der Waals surface area (Å²) in [7, 11) is 0. The molecule has 1 rings (SSSR count). The third-order valence-corrected chi connectivity index (χ3v) is 2.12. The van der Waals surface area contributed by atoms with Gasteiger partial charge in [-0.15, -0.1) is 0 Å². The van der Waals surface area contributed by atoms with Crippen LogP contribution in [0.15, 0.2) is 40.6 Å². The first-order chi connectivity index (χ1) is 8.24. The van der Waals surface area contributed by atoms with Crippen molar-refractivity contribution in [3.8, 4) is 0 Å². The normalized spacial score (nSPS) is 14.7. The van der Waals surface area contributed by atoms with Crippen molar-refractivity contribution in [1.82, 2.24) is 0 Å². The molecule has 0 fully saturated rings. The van der Waals surface area contributed by atoms with Crippen LogP contribution in [0.4, 0.5) is 0 Å². The monoisotopic (exact) mass is 238 g/mol. The maximum Gasteiger partial charge on any atom is 0.136 e. The van der Waals surface area contributed by atoms with E-state index in [0.29, 0.717) is 5.56 Å². The number of rotatable bonds is 5. The molecule has 1 aromatic rings. The summed E-state index contributed by atoms with van der Waals surface area (Å²) in [6, 6.07) is 7.89. The summed E-state index contributed by atoms with van der Waals surface area (Å²) in [5, 5.41) is 24.0. The summed E-state index contributed by atoms with van der Waals surface area (Å²) in [5.41, 5.74) is 6.29. The Hall–Kier alpha value is -1.96. The van der Waals surface area contributed by atoms with E-state index in [0.717, 1.165) is 0 Å². The van der Waals surface area contributed by atoms with Gasteiger partial charge in [0.15, 0.2) is 0 Å². The molecule has 0 saturated heterocycles. The van der Waals surface area contributed by atoms with Crippen LogP contribution >= 0.6 is 0 Å². The van der Waals surface area contributed by atoms with Gasteiger partial charge in [-0.05, 0) is 0 Å². The van der Waals surface area contributed by atoms with Crippen molar-refractivity contribution >= 4 is 11.4 Å². The topological polar surface area (TPSA) is 126 Å². The van der Waals surface area contributed by atoms with E-state index in [4.69, 9.17) is 22.0 Å². The Morgan fingerprint density at radius 3 is 2.35 bits per heavy atom. The number of hydrogen-bond donors (Lipinski definition) is 4. The van der Waals surface area contributed by atoms with Gasteiger partial charge in [0.1, 0.15) is 11.4 Å². The van der Waals surface area contributed by atoms with Gasteiger partial charge in [0.05, 0.1) is 12.6 Å². The van der Waals surface area contributed by atoms with E-state index in [1.54, 1.807) is 30.3 Å². The Morgan fingerprint density at radius 2 is 1.88 bits per heavy atom. The fourth-order valence-corrected chi connectivity index (χ4v) is 1.33. The highest BCUT2D eigenvalue weighted by Crippen LogP contribution is 2.05. The minimum atomic E-state index is -0.795. The lowest BCUT2D eigenvalue weighted by molar-refractivity contribution is 0.136. The molecule has 17 heavy (non-hydrogen) atoms. The Labute approximate surface area is 97.9 Å². The molecular weight excluding hydrogens is 224 g/mol. The van der Waals surface area contributed by atoms with Crippen LogP contribution in [0.1, 0.15) is 5.56 Å². The maximum atomic E-state index is 8.97. The summed E-state index contributed by atoms with van der Waals surface area (Å²) >= 11 is 0. The largest absolute Gasteiger partial charge is 0.411 e. The maximum absolute atomic E-state index is 8.97. The average molecular weight is 238 g/mol. The highest BCUT2D eigenvalue weighted by molar-refractivity contribution is 6.49. The van der Waals surface area contributed by atoms with Gasteiger partial charge in [-0.1, -0.05) is 40.6 Å². The standard InChI is InChI=1S/C10H14N4O3/c11-8(6-17-12)10(14-16)9(13-15)7-4-2-1-3-5-7/h1-5,8,15-16H,6,11-12H2/b13-9+,14-10+. The first-order valence-corrected chi connectivity index (χ1v) is 4.81. The number of nitrogens with two attached hydrogens (primary N) is 2. The van der Waals surface area contributed by atoms with E-state index < -0.39 is 6.04 Å². The SMILES string of the molecule is NOCC(N)C(=N\O)/C(=N/O)c1ccccc1. The predicted molar refractivity (Wildman–Crippen MR) is 62.1 cm³/mol. The molecule has 0 bridgehead atoms. The highest BCUT2D eigenvalue weighted by Gasteiger charge is 2.20. The van der Waals surface area contributed by atoms with Gasteiger partial charge < -0.3 is 21.0 Å². The van der Waals surface area contributed by atoms with Gasteiger partial charge >= 0.3 is 0 Å². The zero-order chi connectivity index (χ0) is 12.7. The molecule has 0 amide bonds. The van der Waals surface area contributed by atoms with Crippen molar-refractivity contribution in [2.45, 2.75) is 6.04 Å². The molecule has 1 atom stereocenters. The summed E-state index contributed by atoms with van der Waals surface area (Å²) < 4.78 is 0. The van der Waals surface area contributed by atoms with Crippen molar-refractivity contribution in [2.75, 3.05) is 6.61 Å². The zero-order valence-corrected chi connectivity index (χ0v) is 9.02. The number of hydrogen-bond acceptors (Lipinski definition) is 7. The van der Waals surface area contributed by atoms with E-state index in [1.807, 2.05) is 0 Å². The summed E-state index contributed by atoms with van der Waals surface area (Å²) in [4.78, 5) is 4.36. The van der Waals surface area contributed by atoms with Gasteiger partial charge in [-0.2, -0.15) is 0 Å². The van der Waals surface area contributed by atoms with Crippen LogP contribution in [0.2, 0.25) is 0 Å². The Morgan fingerprint density at radius 1 is 1.24 bits per heavy atom. The zero-order valence-electron chi connectivity index (χ0n) is 9.02. The van der Waals surface area contributed by atoms with E-state index in [2.05, 4.69) is 15.1 Å². The summed E-state index contributed by atoms with van der Waals surface area (Å²) in [6.07, 6.45) is 0. The second-order valence-electron chi connectivity index (χ2n) is 3.24. The Kier molecular flexibility index (Phi) is 5.08. The smallest absolute Gasteiger partial charge is 0.136 e. The second-order valence-corrected chi connectivity index (χ2v) is 3.24. The van der Waals surface area contributed by atoms with Gasteiger partial charge in [0.25, 0.3) is 0 Å². The number of nitrogens with zero attached hydrogens (tertiary/aromatic N) is 2. The van der Waals surface area contributed by atoms with Crippen LogP contribution in [-0.4, -0.2) is 34.5 Å². The number of benzene rings is 1. The number of oxime groups is 2. The molecule has 0 aliphatic rings. The molecule has 0 spiro atoms. The average Bonchev–Trinajstić information content (AvgIpc) is 2.37. The van der Waals surface area contributed by atoms with Gasteiger partial charge in [0, 0.05) is 5.56 Å². The van der Waals surface area contributed by atoms with Crippen molar-refractivity contribution in [3.05, 3.63) is 35.9 Å². The van der Waals surface area contributed by atoms with E-state index in [-0.39, 0.29) is 18.0 Å². The van der Waals surface area contributed by atoms with Crippen LogP contribution in [-0.2, 0) is 4.84 Å². The van der Waals surface area contributed by atoms with Gasteiger partial charge in [-0.3, -0.25) is 0 Å². The molecule has 0 radical (unpaired) electrons. The van der Waals surface area contributed by atoms with Crippen molar-refractivity contribution in [1.29, 1.82) is 0 Å². The third kappa shape index (κ3) is 3.25. The van der Waals surface area contributed by atoms with E-state index >= 15 is 0 Å². The molecule has 7 heteroatoms. The second kappa shape index (κ2) is 6.59. The minimum Gasteiger partial charge on any atom is -0.411 e. The molecule has 0 aliphatic carbocycles. The van der Waals surface area contributed by atoms with Crippen molar-refractivity contribution < 1.29 is 15.3 Å². The summed E-state index contributed by atoms with van der Waals surface area (Å²) in [5.74, 6) is 4.88. The molecule has 7 nitrogen and oxygen atoms in total. The fourth-order valence-electron chi connectivity index (χ4n) is 1.33. The van der Waals surface area contributed by atoms with Crippen LogP contribution in [0, 0.1) is 0 Å². The Bertz CT molecular complexity index is 405. The minimum absolute atomic E-state index is 0.0100. The molecule has 1 unspecified atom stereocenters. The molecule has 92 valence electrons. The molecular formula is C10H14N4O3. The quantitative estimate of drug-likeness (QED) is 0.324. The molecule has 1 aromatic carbocycles. The third-order valence-electron chi connectivity index (χ3n) is 2.12. The lowest BCUT2D eigenvalue weighted by Gasteiger charge is -2.13. The first-order valence-electron chi connectivity index (χ1n) is 4.81. The Balaban J connectivity index is 3.02. The molecule has 0 heterocycles. The molecule has 0 saturated carbocycles. The molecule has 0 aliphatic heterocycles.